The van der Waals surface area contributed by atoms with E-state index < -0.39 is 128 Å². The van der Waals surface area contributed by atoms with Crippen molar-refractivity contribution in [3.63, 3.8) is 0 Å². The summed E-state index contributed by atoms with van der Waals surface area (Å²) in [5.74, 6) is -1.82. The lowest BCUT2D eigenvalue weighted by Crippen LogP contribution is -2.67. The summed E-state index contributed by atoms with van der Waals surface area (Å²) in [6, 6.07) is 0. The third-order valence-electron chi connectivity index (χ3n) is 18.9. The summed E-state index contributed by atoms with van der Waals surface area (Å²) < 4.78 is 35.0. The molecule has 4 saturated carbocycles. The number of ether oxygens (including phenoxy) is 6. The zero-order valence-electron chi connectivity index (χ0n) is 38.7. The summed E-state index contributed by atoms with van der Waals surface area (Å²) in [4.78, 5) is 25.7. The van der Waals surface area contributed by atoms with Crippen LogP contribution < -0.4 is 0 Å². The second kappa shape index (κ2) is 17.2. The van der Waals surface area contributed by atoms with Crippen molar-refractivity contribution in [1.82, 2.24) is 0 Å². The number of rotatable bonds is 9. The fourth-order valence-electron chi connectivity index (χ4n) is 14.9. The van der Waals surface area contributed by atoms with Crippen molar-refractivity contribution < 1.29 is 89.1 Å². The third kappa shape index (κ3) is 7.76. The van der Waals surface area contributed by atoms with Gasteiger partial charge in [-0.05, 0) is 109 Å². The highest BCUT2D eigenvalue weighted by Crippen LogP contribution is 2.76. The van der Waals surface area contributed by atoms with Gasteiger partial charge in [-0.1, -0.05) is 60.1 Å². The minimum Gasteiger partial charge on any atom is -0.481 e. The van der Waals surface area contributed by atoms with Crippen LogP contribution in [0.4, 0.5) is 0 Å². The third-order valence-corrected chi connectivity index (χ3v) is 18.9. The van der Waals surface area contributed by atoms with Crippen LogP contribution in [0.25, 0.3) is 0 Å². The number of carboxylic acid groups (broad SMARTS) is 2. The Morgan fingerprint density at radius 2 is 1.32 bits per heavy atom. The second-order valence-electron chi connectivity index (χ2n) is 23.1. The van der Waals surface area contributed by atoms with Crippen molar-refractivity contribution in [2.75, 3.05) is 13.2 Å². The molecule has 0 aromatic carbocycles. The number of carboxylic acids is 2. The Hall–Kier alpha value is -1.88. The van der Waals surface area contributed by atoms with Gasteiger partial charge >= 0.3 is 11.9 Å². The largest absolute Gasteiger partial charge is 0.481 e. The minimum atomic E-state index is -2.03. The van der Waals surface area contributed by atoms with Gasteiger partial charge in [0.15, 0.2) is 25.0 Å². The Labute approximate surface area is 380 Å². The van der Waals surface area contributed by atoms with Crippen molar-refractivity contribution in [3.8, 4) is 0 Å². The van der Waals surface area contributed by atoms with Crippen LogP contribution in [0.3, 0.4) is 0 Å². The normalized spacial score (nSPS) is 52.8. The highest BCUT2D eigenvalue weighted by Gasteiger charge is 2.70. The fourth-order valence-corrected chi connectivity index (χ4v) is 14.9. The van der Waals surface area contributed by atoms with E-state index >= 15 is 0 Å². The summed E-state index contributed by atoms with van der Waals surface area (Å²) in [6.07, 6.45) is -14.9. The molecule has 18 heteroatoms. The van der Waals surface area contributed by atoms with Gasteiger partial charge in [0.05, 0.1) is 24.7 Å². The standard InChI is InChI=1S/C47H74O18/c1-42(2)14-16-47(41(58)59)17-15-45(6)21(22(47)18-42)8-9-26-44(5)12-11-27(43(3,4)25(44)10-13-46(26,45)7)62-40-33(55)35(31(53)36(65-40)37(56)57)64-39-32(54)34(29(51)24(19-48)61-39)63-38-30(52)28(50)23(49)20-60-38/h8,22-36,38-40,48-55H,9-20H2,1-7H3,(H,56,57)(H,58,59). The van der Waals surface area contributed by atoms with Gasteiger partial charge in [-0.15, -0.1) is 0 Å². The molecule has 0 amide bonds. The van der Waals surface area contributed by atoms with Gasteiger partial charge in [0.2, 0.25) is 0 Å². The molecule has 8 aliphatic rings. The number of aliphatic hydroxyl groups is 8. The summed E-state index contributed by atoms with van der Waals surface area (Å²) in [5.41, 5.74) is -0.271. The van der Waals surface area contributed by atoms with Gasteiger partial charge in [0.1, 0.15) is 61.0 Å². The molecule has 0 aromatic heterocycles. The molecule has 0 radical (unpaired) electrons. The van der Waals surface area contributed by atoms with Crippen LogP contribution in [-0.2, 0) is 38.0 Å². The number of allylic oxidation sites excluding steroid dienone is 2. The maximum atomic E-state index is 13.1. The molecule has 22 unspecified atom stereocenters. The molecule has 3 saturated heterocycles. The van der Waals surface area contributed by atoms with Crippen molar-refractivity contribution in [2.24, 2.45) is 50.2 Å². The van der Waals surface area contributed by atoms with Crippen LogP contribution in [0, 0.1) is 50.2 Å². The van der Waals surface area contributed by atoms with Crippen LogP contribution in [0.15, 0.2) is 11.6 Å². The number of aliphatic carboxylic acids is 2. The van der Waals surface area contributed by atoms with Crippen molar-refractivity contribution in [2.45, 2.75) is 205 Å². The van der Waals surface area contributed by atoms with E-state index in [0.717, 1.165) is 44.9 Å². The first-order chi connectivity index (χ1) is 30.3. The van der Waals surface area contributed by atoms with Gasteiger partial charge in [-0.25, -0.2) is 4.79 Å². The van der Waals surface area contributed by atoms with Gasteiger partial charge in [0.25, 0.3) is 0 Å². The maximum absolute atomic E-state index is 13.1. The van der Waals surface area contributed by atoms with Gasteiger partial charge < -0.3 is 79.5 Å². The number of fused-ring (bicyclic) bond motifs is 7. The van der Waals surface area contributed by atoms with Crippen LogP contribution in [0.2, 0.25) is 0 Å². The van der Waals surface area contributed by atoms with E-state index in [0.29, 0.717) is 19.3 Å². The molecule has 7 fully saturated rings. The molecule has 3 heterocycles. The lowest BCUT2D eigenvalue weighted by molar-refractivity contribution is -0.379. The number of hydrogen-bond donors (Lipinski definition) is 10. The van der Waals surface area contributed by atoms with Gasteiger partial charge in [0, 0.05) is 0 Å². The molecule has 10 N–H and O–H groups in total. The van der Waals surface area contributed by atoms with Crippen molar-refractivity contribution >= 4 is 11.9 Å². The highest BCUT2D eigenvalue weighted by atomic mass is 16.8. The Kier molecular flexibility index (Phi) is 13.1. The average Bonchev–Trinajstić information content (AvgIpc) is 3.23. The monoisotopic (exact) mass is 926 g/mol. The van der Waals surface area contributed by atoms with E-state index in [1.54, 1.807) is 0 Å². The van der Waals surface area contributed by atoms with E-state index in [1.165, 1.54) is 5.57 Å². The summed E-state index contributed by atoms with van der Waals surface area (Å²) in [5, 5.41) is 107. The second-order valence-corrected chi connectivity index (χ2v) is 23.1. The molecule has 18 nitrogen and oxygen atoms in total. The first-order valence-corrected chi connectivity index (χ1v) is 23.7. The molecule has 8 rings (SSSR count). The number of carbonyl (C=O) groups is 2. The smallest absolute Gasteiger partial charge is 0.335 e. The maximum Gasteiger partial charge on any atom is 0.335 e. The topological polar surface area (TPSA) is 292 Å². The molecule has 370 valence electrons. The van der Waals surface area contributed by atoms with Crippen LogP contribution in [-0.4, -0.2) is 168 Å². The first kappa shape index (κ1) is 49.5. The van der Waals surface area contributed by atoms with E-state index in [-0.39, 0.29) is 39.4 Å². The quantitative estimate of drug-likeness (QED) is 0.116. The van der Waals surface area contributed by atoms with E-state index in [9.17, 15) is 60.7 Å². The highest BCUT2D eigenvalue weighted by molar-refractivity contribution is 5.76. The molecule has 3 aliphatic heterocycles. The lowest BCUT2D eigenvalue weighted by Gasteiger charge is -2.71. The average molecular weight is 927 g/mol. The molecular weight excluding hydrogens is 852 g/mol. The van der Waals surface area contributed by atoms with E-state index in [1.807, 2.05) is 0 Å². The molecule has 0 spiro atoms. The first-order valence-electron chi connectivity index (χ1n) is 23.7. The zero-order valence-corrected chi connectivity index (χ0v) is 38.7. The predicted octanol–water partition coefficient (Wildman–Crippen LogP) is 1.44. The SMILES string of the molecule is CC1(C)CCC2(C(=O)O)CCC3(C)C(=CCC4C5(C)CCC(OC6OC(C(=O)O)C(O)C(OC7OC(CO)C(O)C(OC8OCC(O)C(O)C8O)C7O)C6O)C(C)(C)C5CCC43C)C2C1. The zero-order chi connectivity index (χ0) is 47.6. The Morgan fingerprint density at radius 1 is 0.692 bits per heavy atom. The molecule has 22 atom stereocenters. The van der Waals surface area contributed by atoms with Crippen molar-refractivity contribution in [3.05, 3.63) is 11.6 Å². The molecule has 65 heavy (non-hydrogen) atoms. The van der Waals surface area contributed by atoms with Crippen LogP contribution >= 0.6 is 0 Å². The molecular formula is C47H74O18. The molecule has 5 aliphatic carbocycles. The Balaban J connectivity index is 1.01. The summed E-state index contributed by atoms with van der Waals surface area (Å²) in [7, 11) is 0. The Morgan fingerprint density at radius 3 is 1.97 bits per heavy atom. The van der Waals surface area contributed by atoms with Crippen LogP contribution in [0.1, 0.15) is 113 Å². The Bertz CT molecular complexity index is 1830. The van der Waals surface area contributed by atoms with Crippen LogP contribution in [0.5, 0.6) is 0 Å². The summed E-state index contributed by atoms with van der Waals surface area (Å²) >= 11 is 0. The number of hydrogen-bond acceptors (Lipinski definition) is 16. The predicted molar refractivity (Wildman–Crippen MR) is 225 cm³/mol. The molecule has 0 bridgehead atoms. The lowest BCUT2D eigenvalue weighted by atomic mass is 9.33. The van der Waals surface area contributed by atoms with E-state index in [4.69, 9.17) is 28.4 Å². The minimum absolute atomic E-state index is 0.00401. The van der Waals surface area contributed by atoms with Gasteiger partial charge in [-0.2, -0.15) is 0 Å². The van der Waals surface area contributed by atoms with Gasteiger partial charge in [-0.3, -0.25) is 4.79 Å². The van der Waals surface area contributed by atoms with E-state index in [2.05, 4.69) is 54.5 Å². The number of aliphatic hydroxyl groups excluding tert-OH is 8. The summed E-state index contributed by atoms with van der Waals surface area (Å²) in [6.45, 7) is 14.7. The fraction of sp³-hybridized carbons (Fsp3) is 0.915. The van der Waals surface area contributed by atoms with Crippen molar-refractivity contribution in [1.29, 1.82) is 0 Å². The molecule has 0 aromatic rings.